The predicted octanol–water partition coefficient (Wildman–Crippen LogP) is 25.7. The summed E-state index contributed by atoms with van der Waals surface area (Å²) in [7, 11) is 0. The molecule has 486 valence electrons. The maximum atomic E-state index is 13.0. The van der Waals surface area contributed by atoms with Gasteiger partial charge in [0.1, 0.15) is 13.2 Å². The molecule has 0 fully saturated rings. The van der Waals surface area contributed by atoms with Crippen LogP contribution in [0.2, 0.25) is 0 Å². The van der Waals surface area contributed by atoms with E-state index >= 15 is 0 Å². The van der Waals surface area contributed by atoms with E-state index in [9.17, 15) is 14.4 Å². The molecule has 1 atom stereocenters. The third kappa shape index (κ3) is 70.0. The molecule has 0 radical (unpaired) electrons. The second-order valence-electron chi connectivity index (χ2n) is 25.2. The van der Waals surface area contributed by atoms with Gasteiger partial charge in [-0.3, -0.25) is 14.4 Å². The van der Waals surface area contributed by atoms with Gasteiger partial charge >= 0.3 is 17.9 Å². The zero-order chi connectivity index (χ0) is 59.9. The maximum absolute atomic E-state index is 13.0. The summed E-state index contributed by atoms with van der Waals surface area (Å²) in [4.78, 5) is 38.5. The molecule has 83 heavy (non-hydrogen) atoms. The van der Waals surface area contributed by atoms with Crippen molar-refractivity contribution in [3.8, 4) is 0 Å². The van der Waals surface area contributed by atoms with Crippen molar-refractivity contribution in [2.24, 2.45) is 0 Å². The van der Waals surface area contributed by atoms with Crippen LogP contribution >= 0.6 is 0 Å². The van der Waals surface area contributed by atoms with E-state index in [-0.39, 0.29) is 31.1 Å². The Bertz CT molecular complexity index is 1430. The van der Waals surface area contributed by atoms with E-state index in [4.69, 9.17) is 14.2 Å². The van der Waals surface area contributed by atoms with Crippen molar-refractivity contribution in [3.05, 3.63) is 48.6 Å². The van der Waals surface area contributed by atoms with Crippen LogP contribution in [0.4, 0.5) is 0 Å². The average molecular weight is 1160 g/mol. The van der Waals surface area contributed by atoms with E-state index in [2.05, 4.69) is 69.4 Å². The number of hydrogen-bond acceptors (Lipinski definition) is 6. The predicted molar refractivity (Wildman–Crippen MR) is 362 cm³/mol. The van der Waals surface area contributed by atoms with Gasteiger partial charge in [-0.2, -0.15) is 0 Å². The number of rotatable bonds is 69. The Morgan fingerprint density at radius 3 is 0.687 bits per heavy atom. The van der Waals surface area contributed by atoms with Crippen LogP contribution in [0.15, 0.2) is 48.6 Å². The first-order valence-electron chi connectivity index (χ1n) is 37.1. The molecule has 0 aromatic heterocycles. The van der Waals surface area contributed by atoms with Crippen LogP contribution in [0.1, 0.15) is 406 Å². The quantitative estimate of drug-likeness (QED) is 0.0261. The highest BCUT2D eigenvalue weighted by molar-refractivity contribution is 5.71. The number of ether oxygens (including phenoxy) is 3. The lowest BCUT2D eigenvalue weighted by Gasteiger charge is -2.18. The number of hydrogen-bond donors (Lipinski definition) is 0. The number of carbonyl (C=O) groups excluding carboxylic acids is 3. The summed E-state index contributed by atoms with van der Waals surface area (Å²) >= 11 is 0. The molecule has 0 spiro atoms. The molecular weight excluding hydrogens is 1020 g/mol. The summed E-state index contributed by atoms with van der Waals surface area (Å²) in [5.74, 6) is -0.856. The second-order valence-corrected chi connectivity index (χ2v) is 25.2. The highest BCUT2D eigenvalue weighted by atomic mass is 16.6. The third-order valence-electron chi connectivity index (χ3n) is 16.8. The monoisotopic (exact) mass is 1160 g/mol. The highest BCUT2D eigenvalue weighted by Crippen LogP contribution is 2.19. The lowest BCUT2D eigenvalue weighted by molar-refractivity contribution is -0.167. The molecular formula is C77H142O6. The Morgan fingerprint density at radius 2 is 0.434 bits per heavy atom. The minimum Gasteiger partial charge on any atom is -0.462 e. The van der Waals surface area contributed by atoms with Crippen molar-refractivity contribution in [1.82, 2.24) is 0 Å². The van der Waals surface area contributed by atoms with E-state index in [0.29, 0.717) is 19.3 Å². The van der Waals surface area contributed by atoms with Crippen LogP contribution in [0.3, 0.4) is 0 Å². The molecule has 0 bridgehead atoms. The number of esters is 3. The molecule has 0 aliphatic heterocycles. The van der Waals surface area contributed by atoms with Crippen LogP contribution in [0.25, 0.3) is 0 Å². The number of unbranched alkanes of at least 4 members (excludes halogenated alkanes) is 50. The second kappa shape index (κ2) is 71.8. The fraction of sp³-hybridized carbons (Fsp3) is 0.857. The fourth-order valence-electron chi connectivity index (χ4n) is 11.2. The summed E-state index contributed by atoms with van der Waals surface area (Å²) < 4.78 is 17.0. The zero-order valence-electron chi connectivity index (χ0n) is 56.0. The third-order valence-corrected chi connectivity index (χ3v) is 16.8. The summed E-state index contributed by atoms with van der Waals surface area (Å²) in [6.45, 7) is 6.67. The molecule has 0 N–H and O–H groups in total. The summed E-state index contributed by atoms with van der Waals surface area (Å²) in [5, 5.41) is 0. The average Bonchev–Trinajstić information content (AvgIpc) is 3.49. The molecule has 0 aliphatic rings. The largest absolute Gasteiger partial charge is 0.462 e. The van der Waals surface area contributed by atoms with Gasteiger partial charge in [0, 0.05) is 19.3 Å². The van der Waals surface area contributed by atoms with Gasteiger partial charge < -0.3 is 14.2 Å². The van der Waals surface area contributed by atoms with E-state index in [1.807, 2.05) is 0 Å². The Kier molecular flexibility index (Phi) is 69.6. The minimum atomic E-state index is -0.778. The Hall–Kier alpha value is -2.63. The summed E-state index contributed by atoms with van der Waals surface area (Å²) in [6.07, 6.45) is 91.5. The van der Waals surface area contributed by atoms with Gasteiger partial charge in [-0.1, -0.05) is 352 Å². The minimum absolute atomic E-state index is 0.0723. The topological polar surface area (TPSA) is 78.9 Å². The smallest absolute Gasteiger partial charge is 0.306 e. The highest BCUT2D eigenvalue weighted by Gasteiger charge is 2.19. The van der Waals surface area contributed by atoms with E-state index in [1.54, 1.807) is 0 Å². The lowest BCUT2D eigenvalue weighted by Crippen LogP contribution is -2.30. The molecule has 0 heterocycles. The van der Waals surface area contributed by atoms with Crippen molar-refractivity contribution in [3.63, 3.8) is 0 Å². The Labute approximate surface area is 518 Å². The van der Waals surface area contributed by atoms with Crippen molar-refractivity contribution in [2.45, 2.75) is 412 Å². The number of carbonyl (C=O) groups is 3. The van der Waals surface area contributed by atoms with Crippen LogP contribution < -0.4 is 0 Å². The van der Waals surface area contributed by atoms with Crippen LogP contribution in [-0.2, 0) is 28.6 Å². The maximum Gasteiger partial charge on any atom is 0.306 e. The van der Waals surface area contributed by atoms with Crippen molar-refractivity contribution < 1.29 is 28.6 Å². The summed E-state index contributed by atoms with van der Waals surface area (Å²) in [6, 6.07) is 0. The first-order valence-corrected chi connectivity index (χ1v) is 37.1. The molecule has 0 saturated carbocycles. The fourth-order valence-corrected chi connectivity index (χ4v) is 11.2. The molecule has 0 amide bonds. The van der Waals surface area contributed by atoms with E-state index in [0.717, 1.165) is 83.5 Å². The normalized spacial score (nSPS) is 12.3. The standard InChI is InChI=1S/C77H142O6/c1-4-7-10-13-16-19-22-25-28-30-32-34-35-36-37-38-39-40-41-43-44-46-49-52-55-58-61-64-67-70-76(79)82-73-74(72-81-75(78)69-66-63-60-57-54-51-48-27-24-21-18-15-12-9-6-3)83-77(80)71-68-65-62-59-56-53-50-47-45-42-33-31-29-26-23-20-17-14-11-8-5-2/h18,21-22,25,27,30,32,48,74H,4-17,19-20,23-24,26,28-29,31,33-47,49-73H2,1-3H3/b21-18-,25-22-,32-30-,48-27-. The Balaban J connectivity index is 4.23. The van der Waals surface area contributed by atoms with E-state index in [1.165, 1.54) is 283 Å². The first-order chi connectivity index (χ1) is 41.0. The SMILES string of the molecule is CCCCC/C=C\C/C=C\CCCCCCCC(=O)OCC(COC(=O)CCCCCCCCCCCCCCCCCCC/C=C\C/C=C\CCCCCCC)OC(=O)CCCCCCCCCCCCCCCCCCCCCCC. The molecule has 0 aliphatic carbocycles. The zero-order valence-corrected chi connectivity index (χ0v) is 56.0. The molecule has 0 aromatic rings. The molecule has 1 unspecified atom stereocenters. The first kappa shape index (κ1) is 80.4. The molecule has 0 aromatic carbocycles. The van der Waals surface area contributed by atoms with Gasteiger partial charge in [0.25, 0.3) is 0 Å². The Morgan fingerprint density at radius 1 is 0.241 bits per heavy atom. The summed E-state index contributed by atoms with van der Waals surface area (Å²) in [5.41, 5.74) is 0. The lowest BCUT2D eigenvalue weighted by atomic mass is 10.0. The van der Waals surface area contributed by atoms with Gasteiger partial charge in [-0.25, -0.2) is 0 Å². The van der Waals surface area contributed by atoms with Gasteiger partial charge in [-0.05, 0) is 83.5 Å². The van der Waals surface area contributed by atoms with Gasteiger partial charge in [0.15, 0.2) is 6.10 Å². The van der Waals surface area contributed by atoms with E-state index < -0.39 is 6.10 Å². The van der Waals surface area contributed by atoms with Crippen LogP contribution in [-0.4, -0.2) is 37.2 Å². The molecule has 6 heteroatoms. The van der Waals surface area contributed by atoms with Crippen molar-refractivity contribution in [2.75, 3.05) is 13.2 Å². The van der Waals surface area contributed by atoms with Crippen LogP contribution in [0.5, 0.6) is 0 Å². The van der Waals surface area contributed by atoms with Gasteiger partial charge in [-0.15, -0.1) is 0 Å². The molecule has 6 nitrogen and oxygen atoms in total. The van der Waals surface area contributed by atoms with Crippen LogP contribution in [0, 0.1) is 0 Å². The van der Waals surface area contributed by atoms with Gasteiger partial charge in [0.05, 0.1) is 0 Å². The van der Waals surface area contributed by atoms with Crippen molar-refractivity contribution >= 4 is 17.9 Å². The molecule has 0 rings (SSSR count). The number of allylic oxidation sites excluding steroid dienone is 8. The molecule has 0 saturated heterocycles. The van der Waals surface area contributed by atoms with Crippen molar-refractivity contribution in [1.29, 1.82) is 0 Å². The van der Waals surface area contributed by atoms with Gasteiger partial charge in [0.2, 0.25) is 0 Å².